The summed E-state index contributed by atoms with van der Waals surface area (Å²) in [6, 6.07) is 18.1. The van der Waals surface area contributed by atoms with Crippen LogP contribution in [-0.4, -0.2) is 5.11 Å². The number of aliphatic hydroxyl groups excluding tert-OH is 1. The predicted molar refractivity (Wildman–Crippen MR) is 82.1 cm³/mol. The molecule has 20 heavy (non-hydrogen) atoms. The van der Waals surface area contributed by atoms with Crippen LogP contribution in [0.2, 0.25) is 0 Å². The van der Waals surface area contributed by atoms with Crippen molar-refractivity contribution < 1.29 is 9.50 Å². The van der Waals surface area contributed by atoms with Crippen molar-refractivity contribution in [1.29, 1.82) is 0 Å². The van der Waals surface area contributed by atoms with Crippen molar-refractivity contribution in [1.82, 2.24) is 0 Å². The summed E-state index contributed by atoms with van der Waals surface area (Å²) in [7, 11) is 0. The molecule has 1 atom stereocenters. The molecule has 0 heterocycles. The minimum Gasteiger partial charge on any atom is -0.383 e. The second kappa shape index (κ2) is 5.35. The van der Waals surface area contributed by atoms with Crippen LogP contribution in [0, 0.1) is 5.82 Å². The fourth-order valence-corrected chi connectivity index (χ4v) is 2.98. The summed E-state index contributed by atoms with van der Waals surface area (Å²) in [6.45, 7) is 0. The number of benzene rings is 3. The fraction of sp³-hybridized carbons (Fsp3) is 0.0588. The van der Waals surface area contributed by atoms with E-state index in [-0.39, 0.29) is 5.56 Å². The Labute approximate surface area is 124 Å². The Morgan fingerprint density at radius 1 is 0.900 bits per heavy atom. The van der Waals surface area contributed by atoms with E-state index in [0.717, 1.165) is 10.8 Å². The lowest BCUT2D eigenvalue weighted by molar-refractivity contribution is 0.215. The van der Waals surface area contributed by atoms with Gasteiger partial charge in [0, 0.05) is 10.0 Å². The SMILES string of the molecule is OC(c1c(F)cccc1Br)c1cccc2ccccc12. The normalized spacial score (nSPS) is 12.6. The lowest BCUT2D eigenvalue weighted by atomic mass is 9.95. The van der Waals surface area contributed by atoms with Gasteiger partial charge in [-0.1, -0.05) is 64.5 Å². The maximum Gasteiger partial charge on any atom is 0.130 e. The molecule has 3 aromatic carbocycles. The highest BCUT2D eigenvalue weighted by Gasteiger charge is 2.19. The number of hydrogen-bond donors (Lipinski definition) is 1. The topological polar surface area (TPSA) is 20.2 Å². The van der Waals surface area contributed by atoms with Crippen molar-refractivity contribution >= 4 is 26.7 Å². The van der Waals surface area contributed by atoms with Crippen LogP contribution in [-0.2, 0) is 0 Å². The second-order valence-corrected chi connectivity index (χ2v) is 5.46. The molecule has 0 radical (unpaired) electrons. The zero-order valence-electron chi connectivity index (χ0n) is 10.6. The van der Waals surface area contributed by atoms with Crippen molar-refractivity contribution in [2.75, 3.05) is 0 Å². The molecule has 0 saturated carbocycles. The van der Waals surface area contributed by atoms with Gasteiger partial charge in [0.2, 0.25) is 0 Å². The molecule has 1 N–H and O–H groups in total. The van der Waals surface area contributed by atoms with Gasteiger partial charge in [0.25, 0.3) is 0 Å². The smallest absolute Gasteiger partial charge is 0.130 e. The van der Waals surface area contributed by atoms with Crippen LogP contribution < -0.4 is 0 Å². The Kier molecular flexibility index (Phi) is 3.55. The molecular weight excluding hydrogens is 319 g/mol. The van der Waals surface area contributed by atoms with Crippen LogP contribution in [0.25, 0.3) is 10.8 Å². The van der Waals surface area contributed by atoms with Crippen LogP contribution in [0.1, 0.15) is 17.2 Å². The molecule has 0 aliphatic carbocycles. The van der Waals surface area contributed by atoms with Gasteiger partial charge in [-0.15, -0.1) is 0 Å². The molecule has 0 aliphatic rings. The molecule has 1 unspecified atom stereocenters. The Morgan fingerprint density at radius 2 is 1.60 bits per heavy atom. The standard InChI is InChI=1S/C17H12BrFO/c18-14-9-4-10-15(19)16(14)17(20)13-8-3-6-11-5-1-2-7-12(11)13/h1-10,17,20H. The molecule has 100 valence electrons. The van der Waals surface area contributed by atoms with Crippen LogP contribution in [0.5, 0.6) is 0 Å². The maximum atomic E-state index is 14.0. The Hall–Kier alpha value is -1.71. The summed E-state index contributed by atoms with van der Waals surface area (Å²) in [5, 5.41) is 12.5. The first-order valence-corrected chi connectivity index (χ1v) is 7.07. The number of hydrogen-bond acceptors (Lipinski definition) is 1. The number of fused-ring (bicyclic) bond motifs is 1. The van der Waals surface area contributed by atoms with Crippen molar-refractivity contribution in [3.63, 3.8) is 0 Å². The van der Waals surface area contributed by atoms with E-state index in [9.17, 15) is 9.50 Å². The van der Waals surface area contributed by atoms with Gasteiger partial charge in [0.05, 0.1) is 0 Å². The fourth-order valence-electron chi connectivity index (χ4n) is 2.42. The molecule has 0 amide bonds. The van der Waals surface area contributed by atoms with Crippen molar-refractivity contribution in [2.24, 2.45) is 0 Å². The monoisotopic (exact) mass is 330 g/mol. The predicted octanol–water partition coefficient (Wildman–Crippen LogP) is 4.82. The molecule has 0 fully saturated rings. The van der Waals surface area contributed by atoms with E-state index in [1.54, 1.807) is 12.1 Å². The van der Waals surface area contributed by atoms with Crippen LogP contribution in [0.4, 0.5) is 4.39 Å². The highest BCUT2D eigenvalue weighted by Crippen LogP contribution is 2.34. The molecule has 0 bridgehead atoms. The van der Waals surface area contributed by atoms with Crippen molar-refractivity contribution in [2.45, 2.75) is 6.10 Å². The van der Waals surface area contributed by atoms with E-state index < -0.39 is 11.9 Å². The van der Waals surface area contributed by atoms with Gasteiger partial charge in [0.15, 0.2) is 0 Å². The van der Waals surface area contributed by atoms with Crippen molar-refractivity contribution in [3.8, 4) is 0 Å². The minimum absolute atomic E-state index is 0.267. The zero-order valence-corrected chi connectivity index (χ0v) is 12.1. The van der Waals surface area contributed by atoms with Gasteiger partial charge >= 0.3 is 0 Å². The number of aliphatic hydroxyl groups is 1. The first-order chi connectivity index (χ1) is 9.68. The molecule has 3 aromatic rings. The third kappa shape index (κ3) is 2.23. The molecule has 0 spiro atoms. The third-order valence-corrected chi connectivity index (χ3v) is 4.08. The lowest BCUT2D eigenvalue weighted by Crippen LogP contribution is -2.04. The minimum atomic E-state index is -1.00. The van der Waals surface area contributed by atoms with Crippen LogP contribution in [0.15, 0.2) is 65.1 Å². The van der Waals surface area contributed by atoms with Gasteiger partial charge in [-0.05, 0) is 28.5 Å². The zero-order chi connectivity index (χ0) is 14.1. The van der Waals surface area contributed by atoms with E-state index in [2.05, 4.69) is 15.9 Å². The van der Waals surface area contributed by atoms with Gasteiger partial charge in [-0.3, -0.25) is 0 Å². The molecule has 0 saturated heterocycles. The molecule has 1 nitrogen and oxygen atoms in total. The molecule has 0 aromatic heterocycles. The Morgan fingerprint density at radius 3 is 2.40 bits per heavy atom. The average Bonchev–Trinajstić information content (AvgIpc) is 2.46. The molecular formula is C17H12BrFO. The number of halogens is 2. The molecule has 3 heteroatoms. The van der Waals surface area contributed by atoms with E-state index in [0.29, 0.717) is 10.0 Å². The van der Waals surface area contributed by atoms with Gasteiger partial charge < -0.3 is 5.11 Å². The molecule has 3 rings (SSSR count). The average molecular weight is 331 g/mol. The van der Waals surface area contributed by atoms with Crippen LogP contribution in [0.3, 0.4) is 0 Å². The highest BCUT2D eigenvalue weighted by atomic mass is 79.9. The van der Waals surface area contributed by atoms with Crippen molar-refractivity contribution in [3.05, 3.63) is 82.1 Å². The summed E-state index contributed by atoms with van der Waals surface area (Å²) >= 11 is 3.31. The highest BCUT2D eigenvalue weighted by molar-refractivity contribution is 9.10. The van der Waals surface area contributed by atoms with Crippen LogP contribution >= 0.6 is 15.9 Å². The first kappa shape index (κ1) is 13.3. The maximum absolute atomic E-state index is 14.0. The van der Waals surface area contributed by atoms with Gasteiger partial charge in [0.1, 0.15) is 11.9 Å². The summed E-state index contributed by atoms with van der Waals surface area (Å²) in [5.41, 5.74) is 0.970. The quantitative estimate of drug-likeness (QED) is 0.714. The molecule has 0 aliphatic heterocycles. The summed E-state index contributed by atoms with van der Waals surface area (Å²) < 4.78 is 14.6. The largest absolute Gasteiger partial charge is 0.383 e. The summed E-state index contributed by atoms with van der Waals surface area (Å²) in [5.74, 6) is -0.417. The summed E-state index contributed by atoms with van der Waals surface area (Å²) in [4.78, 5) is 0. The number of rotatable bonds is 2. The third-order valence-electron chi connectivity index (χ3n) is 3.39. The van der Waals surface area contributed by atoms with Gasteiger partial charge in [-0.25, -0.2) is 4.39 Å². The second-order valence-electron chi connectivity index (χ2n) is 4.61. The van der Waals surface area contributed by atoms with E-state index in [4.69, 9.17) is 0 Å². The van der Waals surface area contributed by atoms with E-state index >= 15 is 0 Å². The van der Waals surface area contributed by atoms with Gasteiger partial charge in [-0.2, -0.15) is 0 Å². The lowest BCUT2D eigenvalue weighted by Gasteiger charge is -2.16. The first-order valence-electron chi connectivity index (χ1n) is 6.28. The Bertz CT molecular complexity index is 744. The van der Waals surface area contributed by atoms with E-state index in [1.807, 2.05) is 42.5 Å². The Balaban J connectivity index is 2.21. The van der Waals surface area contributed by atoms with E-state index in [1.165, 1.54) is 6.07 Å². The summed E-state index contributed by atoms with van der Waals surface area (Å²) in [6.07, 6.45) is -1.00.